The van der Waals surface area contributed by atoms with Crippen molar-refractivity contribution >= 4 is 45.9 Å². The molecule has 172 valence electrons. The summed E-state index contributed by atoms with van der Waals surface area (Å²) in [4.78, 5) is 32.2. The van der Waals surface area contributed by atoms with Crippen molar-refractivity contribution in [3.05, 3.63) is 69.8 Å². The van der Waals surface area contributed by atoms with Gasteiger partial charge in [0.2, 0.25) is 11.8 Å². The Hall–Kier alpha value is -2.54. The number of rotatable bonds is 6. The number of hydrogen-bond donors (Lipinski definition) is 3. The van der Waals surface area contributed by atoms with Crippen molar-refractivity contribution < 1.29 is 9.59 Å². The molecule has 0 radical (unpaired) electrons. The van der Waals surface area contributed by atoms with Crippen LogP contribution in [0.3, 0.4) is 0 Å². The molecule has 2 amide bonds. The van der Waals surface area contributed by atoms with Gasteiger partial charge >= 0.3 is 0 Å². The van der Waals surface area contributed by atoms with Crippen LogP contribution in [0.2, 0.25) is 10.0 Å². The lowest BCUT2D eigenvalue weighted by molar-refractivity contribution is -0.137. The lowest BCUT2D eigenvalue weighted by Crippen LogP contribution is -2.56. The van der Waals surface area contributed by atoms with Crippen LogP contribution in [0.4, 0.5) is 0 Å². The number of H-pyrrole nitrogens is 1. The van der Waals surface area contributed by atoms with Crippen molar-refractivity contribution in [3.63, 3.8) is 0 Å². The van der Waals surface area contributed by atoms with E-state index in [2.05, 4.69) is 15.6 Å². The monoisotopic (exact) mass is 484 g/mol. The van der Waals surface area contributed by atoms with E-state index in [0.29, 0.717) is 42.4 Å². The minimum atomic E-state index is -0.704. The highest BCUT2D eigenvalue weighted by Gasteiger charge is 2.53. The molecule has 1 aliphatic carbocycles. The number of hydrogen-bond acceptors (Lipinski definition) is 3. The van der Waals surface area contributed by atoms with Crippen molar-refractivity contribution in [2.45, 2.75) is 30.7 Å². The van der Waals surface area contributed by atoms with Crippen LogP contribution in [0.1, 0.15) is 24.0 Å². The molecular formula is C25H26Cl2N4O2. The zero-order chi connectivity index (χ0) is 23.0. The highest BCUT2D eigenvalue weighted by Crippen LogP contribution is 2.51. The number of nitrogens with zero attached hydrogens (tertiary/aromatic N) is 1. The summed E-state index contributed by atoms with van der Waals surface area (Å²) in [6.07, 6.45) is 3.74. The minimum absolute atomic E-state index is 0.0480. The first kappa shape index (κ1) is 22.3. The predicted molar refractivity (Wildman–Crippen MR) is 131 cm³/mol. The predicted octanol–water partition coefficient (Wildman–Crippen LogP) is 3.67. The number of nitrogens with one attached hydrogen (secondary N) is 3. The molecule has 2 heterocycles. The van der Waals surface area contributed by atoms with Crippen LogP contribution in [0.5, 0.6) is 0 Å². The van der Waals surface area contributed by atoms with E-state index in [0.717, 1.165) is 35.1 Å². The number of aromatic amines is 1. The summed E-state index contributed by atoms with van der Waals surface area (Å²) in [5, 5.41) is 8.46. The summed E-state index contributed by atoms with van der Waals surface area (Å²) in [6, 6.07) is 12.6. The van der Waals surface area contributed by atoms with Crippen LogP contribution in [0, 0.1) is 0 Å². The third kappa shape index (κ3) is 4.35. The van der Waals surface area contributed by atoms with E-state index in [1.54, 1.807) is 12.1 Å². The second-order valence-electron chi connectivity index (χ2n) is 8.87. The van der Waals surface area contributed by atoms with Crippen LogP contribution in [-0.2, 0) is 21.4 Å². The Bertz CT molecular complexity index is 1200. The maximum absolute atomic E-state index is 13.6. The largest absolute Gasteiger partial charge is 0.361 e. The fourth-order valence-electron chi connectivity index (χ4n) is 4.74. The molecule has 0 bridgehead atoms. The van der Waals surface area contributed by atoms with Gasteiger partial charge in [-0.2, -0.15) is 0 Å². The topological polar surface area (TPSA) is 77.2 Å². The molecule has 1 atom stereocenters. The van der Waals surface area contributed by atoms with Gasteiger partial charge in [0.25, 0.3) is 0 Å². The Morgan fingerprint density at radius 3 is 2.58 bits per heavy atom. The molecule has 1 aliphatic heterocycles. The molecule has 0 unspecified atom stereocenters. The number of para-hydroxylation sites is 1. The highest BCUT2D eigenvalue weighted by atomic mass is 35.5. The summed E-state index contributed by atoms with van der Waals surface area (Å²) in [5.41, 5.74) is 2.09. The van der Waals surface area contributed by atoms with Gasteiger partial charge in [-0.25, -0.2) is 0 Å². The molecule has 33 heavy (non-hydrogen) atoms. The first-order valence-electron chi connectivity index (χ1n) is 11.3. The normalized spacial score (nSPS) is 18.2. The number of amides is 2. The Balaban J connectivity index is 1.42. The van der Waals surface area contributed by atoms with E-state index in [1.165, 1.54) is 0 Å². The van der Waals surface area contributed by atoms with E-state index < -0.39 is 11.5 Å². The van der Waals surface area contributed by atoms with Gasteiger partial charge in [0, 0.05) is 59.7 Å². The van der Waals surface area contributed by atoms with Crippen molar-refractivity contribution in [3.8, 4) is 0 Å². The van der Waals surface area contributed by atoms with Crippen LogP contribution in [0.15, 0.2) is 48.7 Å². The van der Waals surface area contributed by atoms with Crippen molar-refractivity contribution in [2.24, 2.45) is 0 Å². The van der Waals surface area contributed by atoms with Crippen LogP contribution < -0.4 is 10.6 Å². The molecule has 6 nitrogen and oxygen atoms in total. The maximum atomic E-state index is 13.6. The van der Waals surface area contributed by atoms with E-state index >= 15 is 0 Å². The Morgan fingerprint density at radius 1 is 1.09 bits per heavy atom. The van der Waals surface area contributed by atoms with Gasteiger partial charge in [-0.15, -0.1) is 0 Å². The van der Waals surface area contributed by atoms with Gasteiger partial charge in [0.05, 0.1) is 5.41 Å². The van der Waals surface area contributed by atoms with Gasteiger partial charge in [-0.3, -0.25) is 9.59 Å². The second-order valence-corrected chi connectivity index (χ2v) is 9.71. The number of piperazine rings is 1. The molecule has 1 saturated carbocycles. The molecular weight excluding hydrogens is 459 g/mol. The van der Waals surface area contributed by atoms with Crippen LogP contribution in [-0.4, -0.2) is 53.9 Å². The number of aromatic nitrogens is 1. The van der Waals surface area contributed by atoms with E-state index in [4.69, 9.17) is 23.2 Å². The van der Waals surface area contributed by atoms with Crippen molar-refractivity contribution in [2.75, 3.05) is 26.2 Å². The standard InChI is InChI=1S/C25H26Cl2N4O2/c26-17-5-6-19(20(27)14-17)25(7-8-25)24(33)30-22(23(32)31-11-9-28-10-12-31)13-16-15-29-21-4-2-1-3-18(16)21/h1-6,14-15,22,28-29H,7-13H2,(H,30,33)/t22-/m0/s1. The lowest BCUT2D eigenvalue weighted by atomic mass is 9.93. The number of halogens is 2. The van der Waals surface area contributed by atoms with Crippen LogP contribution in [0.25, 0.3) is 10.9 Å². The van der Waals surface area contributed by atoms with Gasteiger partial charge in [0.1, 0.15) is 6.04 Å². The summed E-state index contributed by atoms with van der Waals surface area (Å²) in [7, 11) is 0. The third-order valence-corrected chi connectivity index (χ3v) is 7.31. The summed E-state index contributed by atoms with van der Waals surface area (Å²) in [6.45, 7) is 2.77. The zero-order valence-electron chi connectivity index (χ0n) is 18.2. The molecule has 5 rings (SSSR count). The first-order valence-corrected chi connectivity index (χ1v) is 12.0. The summed E-state index contributed by atoms with van der Waals surface area (Å²) >= 11 is 12.5. The number of fused-ring (bicyclic) bond motifs is 1. The van der Waals surface area contributed by atoms with Crippen molar-refractivity contribution in [1.82, 2.24) is 20.5 Å². The summed E-state index contributed by atoms with van der Waals surface area (Å²) in [5.74, 6) is -0.201. The van der Waals surface area contributed by atoms with Gasteiger partial charge < -0.3 is 20.5 Å². The van der Waals surface area contributed by atoms with Gasteiger partial charge in [-0.05, 0) is 42.2 Å². The fraction of sp³-hybridized carbons (Fsp3) is 0.360. The van der Waals surface area contributed by atoms with E-state index in [-0.39, 0.29) is 11.8 Å². The SMILES string of the molecule is O=C([C@H](Cc1c[nH]c2ccccc12)NC(=O)C1(c2ccc(Cl)cc2Cl)CC1)N1CCNCC1. The zero-order valence-corrected chi connectivity index (χ0v) is 19.7. The maximum Gasteiger partial charge on any atom is 0.245 e. The number of carbonyl (C=O) groups is 2. The quantitative estimate of drug-likeness (QED) is 0.499. The number of carbonyl (C=O) groups excluding carboxylic acids is 2. The molecule has 8 heteroatoms. The second kappa shape index (κ2) is 9.01. The van der Waals surface area contributed by atoms with Crippen molar-refractivity contribution in [1.29, 1.82) is 0 Å². The molecule has 2 aromatic carbocycles. The Kier molecular flexibility index (Phi) is 6.08. The highest BCUT2D eigenvalue weighted by molar-refractivity contribution is 6.35. The molecule has 3 aromatic rings. The minimum Gasteiger partial charge on any atom is -0.361 e. The molecule has 0 spiro atoms. The first-order chi connectivity index (χ1) is 16.0. The average molecular weight is 485 g/mol. The molecule has 2 aliphatic rings. The Labute approximate surface area is 202 Å². The smallest absolute Gasteiger partial charge is 0.245 e. The third-order valence-electron chi connectivity index (χ3n) is 6.76. The van der Waals surface area contributed by atoms with E-state index in [9.17, 15) is 9.59 Å². The average Bonchev–Trinajstić information content (AvgIpc) is 3.54. The van der Waals surface area contributed by atoms with Crippen LogP contribution >= 0.6 is 23.2 Å². The molecule has 3 N–H and O–H groups in total. The molecule has 1 saturated heterocycles. The fourth-order valence-corrected chi connectivity index (χ4v) is 5.33. The lowest BCUT2D eigenvalue weighted by Gasteiger charge is -2.32. The summed E-state index contributed by atoms with van der Waals surface area (Å²) < 4.78 is 0. The molecule has 2 fully saturated rings. The Morgan fingerprint density at radius 2 is 1.85 bits per heavy atom. The van der Waals surface area contributed by atoms with E-state index in [1.807, 2.05) is 41.4 Å². The van der Waals surface area contributed by atoms with Gasteiger partial charge in [-0.1, -0.05) is 47.5 Å². The number of benzene rings is 2. The van der Waals surface area contributed by atoms with Gasteiger partial charge in [0.15, 0.2) is 0 Å². The molecule has 1 aromatic heterocycles.